The van der Waals surface area contributed by atoms with Gasteiger partial charge in [-0.15, -0.1) is 21.5 Å². The van der Waals surface area contributed by atoms with Crippen LogP contribution < -0.4 is 5.32 Å². The van der Waals surface area contributed by atoms with E-state index in [0.29, 0.717) is 16.7 Å². The summed E-state index contributed by atoms with van der Waals surface area (Å²) in [5.41, 5.74) is 0.733. The van der Waals surface area contributed by atoms with Gasteiger partial charge in [-0.2, -0.15) is 0 Å². The minimum Gasteiger partial charge on any atom is -0.317 e. The molecule has 2 rings (SSSR count). The van der Waals surface area contributed by atoms with Gasteiger partial charge in [0.1, 0.15) is 10.0 Å². The molecule has 0 spiro atoms. The Labute approximate surface area is 108 Å². The first kappa shape index (κ1) is 13.0. The van der Waals surface area contributed by atoms with Crippen LogP contribution in [0.5, 0.6) is 0 Å². The van der Waals surface area contributed by atoms with Crippen LogP contribution in [-0.4, -0.2) is 23.3 Å². The summed E-state index contributed by atoms with van der Waals surface area (Å²) in [6, 6.07) is 0. The van der Waals surface area contributed by atoms with Gasteiger partial charge in [-0.1, -0.05) is 34.6 Å². The topological polar surface area (TPSA) is 37.8 Å². The van der Waals surface area contributed by atoms with Gasteiger partial charge in [-0.3, -0.25) is 0 Å². The van der Waals surface area contributed by atoms with E-state index in [1.807, 2.05) is 0 Å². The summed E-state index contributed by atoms with van der Waals surface area (Å²) in [7, 11) is 0. The lowest BCUT2D eigenvalue weighted by atomic mass is 10.0. The van der Waals surface area contributed by atoms with E-state index in [0.717, 1.165) is 19.5 Å². The molecule has 0 radical (unpaired) electrons. The molecule has 0 bridgehead atoms. The first-order valence-electron chi connectivity index (χ1n) is 6.44. The first-order valence-corrected chi connectivity index (χ1v) is 7.26. The molecule has 0 unspecified atom stereocenters. The van der Waals surface area contributed by atoms with Crippen molar-refractivity contribution in [3.63, 3.8) is 0 Å². The predicted octanol–water partition coefficient (Wildman–Crippen LogP) is 2.84. The Hall–Kier alpha value is -0.480. The van der Waals surface area contributed by atoms with Crippen LogP contribution in [0.2, 0.25) is 0 Å². The number of aromatic nitrogens is 2. The van der Waals surface area contributed by atoms with E-state index in [4.69, 9.17) is 0 Å². The Kier molecular flexibility index (Phi) is 3.29. The van der Waals surface area contributed by atoms with Gasteiger partial charge in [0, 0.05) is 18.9 Å². The molecule has 0 saturated heterocycles. The van der Waals surface area contributed by atoms with Crippen LogP contribution in [0.3, 0.4) is 0 Å². The molecule has 1 aromatic heterocycles. The van der Waals surface area contributed by atoms with Crippen molar-refractivity contribution in [3.8, 4) is 0 Å². The third-order valence-electron chi connectivity index (χ3n) is 4.52. The standard InChI is InChI=1S/C13H23N3S/c1-6-14-8-7-9-15-16-11(17-9)10-12(2,3)13(10,4)5/h10,14H,6-8H2,1-5H3. The summed E-state index contributed by atoms with van der Waals surface area (Å²) < 4.78 is 0. The van der Waals surface area contributed by atoms with Gasteiger partial charge in [-0.25, -0.2) is 0 Å². The van der Waals surface area contributed by atoms with Gasteiger partial charge in [0.25, 0.3) is 0 Å². The maximum Gasteiger partial charge on any atom is 0.121 e. The number of nitrogens with one attached hydrogen (secondary N) is 1. The van der Waals surface area contributed by atoms with E-state index in [2.05, 4.69) is 50.1 Å². The van der Waals surface area contributed by atoms with Crippen LogP contribution in [0.1, 0.15) is 50.6 Å². The van der Waals surface area contributed by atoms with E-state index >= 15 is 0 Å². The number of nitrogens with zero attached hydrogens (tertiary/aromatic N) is 2. The molecule has 17 heavy (non-hydrogen) atoms. The molecule has 1 fully saturated rings. The van der Waals surface area contributed by atoms with Gasteiger partial charge < -0.3 is 5.32 Å². The SMILES string of the molecule is CCNCCc1nnc(C2C(C)(C)C2(C)C)s1. The van der Waals surface area contributed by atoms with Gasteiger partial charge >= 0.3 is 0 Å². The molecule has 1 saturated carbocycles. The van der Waals surface area contributed by atoms with E-state index in [-0.39, 0.29) is 0 Å². The van der Waals surface area contributed by atoms with Crippen molar-refractivity contribution in [1.29, 1.82) is 0 Å². The van der Waals surface area contributed by atoms with E-state index < -0.39 is 0 Å². The number of rotatable bonds is 5. The zero-order chi connectivity index (χ0) is 12.7. The number of likely N-dealkylation sites (N-methyl/N-ethyl adjacent to an activating group) is 1. The zero-order valence-corrected chi connectivity index (χ0v) is 12.3. The summed E-state index contributed by atoms with van der Waals surface area (Å²) in [6.45, 7) is 13.5. The predicted molar refractivity (Wildman–Crippen MR) is 72.5 cm³/mol. The summed E-state index contributed by atoms with van der Waals surface area (Å²) in [5, 5.41) is 14.4. The fraction of sp³-hybridized carbons (Fsp3) is 0.846. The quantitative estimate of drug-likeness (QED) is 0.820. The molecule has 3 nitrogen and oxygen atoms in total. The second-order valence-electron chi connectivity index (χ2n) is 6.01. The Morgan fingerprint density at radius 1 is 1.18 bits per heavy atom. The molecule has 4 heteroatoms. The largest absolute Gasteiger partial charge is 0.317 e. The minimum absolute atomic E-state index is 0.367. The molecule has 1 heterocycles. The fourth-order valence-electron chi connectivity index (χ4n) is 2.67. The molecule has 1 N–H and O–H groups in total. The summed E-state index contributed by atoms with van der Waals surface area (Å²) in [4.78, 5) is 0. The molecule has 0 amide bonds. The van der Waals surface area contributed by atoms with Gasteiger partial charge in [0.05, 0.1) is 0 Å². The lowest BCUT2D eigenvalue weighted by Gasteiger charge is -2.03. The number of hydrogen-bond donors (Lipinski definition) is 1. The molecular formula is C13H23N3S. The van der Waals surface area contributed by atoms with E-state index in [1.54, 1.807) is 11.3 Å². The molecule has 0 aliphatic heterocycles. The Morgan fingerprint density at radius 2 is 1.82 bits per heavy atom. The average Bonchev–Trinajstić information content (AvgIpc) is 2.60. The second-order valence-corrected chi connectivity index (χ2v) is 7.11. The van der Waals surface area contributed by atoms with E-state index in [1.165, 1.54) is 10.0 Å². The zero-order valence-electron chi connectivity index (χ0n) is 11.5. The van der Waals surface area contributed by atoms with Crippen LogP contribution >= 0.6 is 11.3 Å². The highest BCUT2D eigenvalue weighted by molar-refractivity contribution is 7.11. The van der Waals surface area contributed by atoms with Crippen LogP contribution in [0.25, 0.3) is 0 Å². The second kappa shape index (κ2) is 4.32. The molecule has 0 aromatic carbocycles. The van der Waals surface area contributed by atoms with Gasteiger partial charge in [-0.05, 0) is 17.4 Å². The summed E-state index contributed by atoms with van der Waals surface area (Å²) >= 11 is 1.80. The molecule has 0 atom stereocenters. The van der Waals surface area contributed by atoms with Crippen molar-refractivity contribution in [1.82, 2.24) is 15.5 Å². The normalized spacial score (nSPS) is 21.7. The minimum atomic E-state index is 0.367. The fourth-order valence-corrected chi connectivity index (χ4v) is 3.99. The third-order valence-corrected chi connectivity index (χ3v) is 5.56. The molecule has 96 valence electrons. The summed E-state index contributed by atoms with van der Waals surface area (Å²) in [5.74, 6) is 0.584. The van der Waals surface area contributed by atoms with Crippen molar-refractivity contribution < 1.29 is 0 Å². The molecule has 1 aliphatic carbocycles. The maximum absolute atomic E-state index is 4.39. The highest BCUT2D eigenvalue weighted by Gasteiger charge is 2.66. The first-order chi connectivity index (χ1) is 7.91. The molecule has 1 aromatic rings. The summed E-state index contributed by atoms with van der Waals surface area (Å²) in [6.07, 6.45) is 0.999. The van der Waals surface area contributed by atoms with Crippen molar-refractivity contribution >= 4 is 11.3 Å². The third kappa shape index (κ3) is 2.13. The monoisotopic (exact) mass is 253 g/mol. The maximum atomic E-state index is 4.39. The van der Waals surface area contributed by atoms with Crippen molar-refractivity contribution in [2.45, 2.75) is 47.0 Å². The Morgan fingerprint density at radius 3 is 2.35 bits per heavy atom. The Bertz CT molecular complexity index is 381. The Balaban J connectivity index is 2.00. The van der Waals surface area contributed by atoms with Crippen molar-refractivity contribution in [2.75, 3.05) is 13.1 Å². The average molecular weight is 253 g/mol. The van der Waals surface area contributed by atoms with Crippen LogP contribution in [0.15, 0.2) is 0 Å². The smallest absolute Gasteiger partial charge is 0.121 e. The van der Waals surface area contributed by atoms with Crippen LogP contribution in [-0.2, 0) is 6.42 Å². The lowest BCUT2D eigenvalue weighted by molar-refractivity contribution is 0.457. The van der Waals surface area contributed by atoms with Crippen LogP contribution in [0.4, 0.5) is 0 Å². The van der Waals surface area contributed by atoms with Gasteiger partial charge in [0.15, 0.2) is 0 Å². The highest BCUT2D eigenvalue weighted by Crippen LogP contribution is 2.73. The molecular weight excluding hydrogens is 230 g/mol. The lowest BCUT2D eigenvalue weighted by Crippen LogP contribution is -2.15. The van der Waals surface area contributed by atoms with Gasteiger partial charge in [0.2, 0.25) is 0 Å². The van der Waals surface area contributed by atoms with E-state index in [9.17, 15) is 0 Å². The van der Waals surface area contributed by atoms with Crippen LogP contribution in [0, 0.1) is 10.8 Å². The number of hydrogen-bond acceptors (Lipinski definition) is 4. The van der Waals surface area contributed by atoms with Crippen molar-refractivity contribution in [3.05, 3.63) is 10.0 Å². The highest BCUT2D eigenvalue weighted by atomic mass is 32.1. The van der Waals surface area contributed by atoms with Crippen molar-refractivity contribution in [2.24, 2.45) is 10.8 Å². The molecule has 1 aliphatic rings.